The SMILES string of the molecule is CC(SCCCCCCSC(C)C(=O)O)C(=O)O. The van der Waals surface area contributed by atoms with Gasteiger partial charge in [0.05, 0.1) is 10.5 Å². The van der Waals surface area contributed by atoms with Crippen LogP contribution in [-0.2, 0) is 9.59 Å². The molecule has 0 saturated carbocycles. The Morgan fingerprint density at radius 1 is 0.833 bits per heavy atom. The van der Waals surface area contributed by atoms with Crippen LogP contribution < -0.4 is 0 Å². The Morgan fingerprint density at radius 2 is 1.17 bits per heavy atom. The molecule has 0 spiro atoms. The van der Waals surface area contributed by atoms with E-state index in [1.807, 2.05) is 0 Å². The van der Waals surface area contributed by atoms with Gasteiger partial charge in [0, 0.05) is 0 Å². The Hall–Kier alpha value is -0.360. The minimum Gasteiger partial charge on any atom is -0.480 e. The van der Waals surface area contributed by atoms with Gasteiger partial charge >= 0.3 is 11.9 Å². The van der Waals surface area contributed by atoms with Gasteiger partial charge in [0.25, 0.3) is 0 Å². The summed E-state index contributed by atoms with van der Waals surface area (Å²) in [5.41, 5.74) is 0. The summed E-state index contributed by atoms with van der Waals surface area (Å²) in [5.74, 6) is 0.260. The number of hydrogen-bond acceptors (Lipinski definition) is 4. The molecule has 0 heterocycles. The van der Waals surface area contributed by atoms with E-state index in [1.54, 1.807) is 13.8 Å². The molecule has 4 nitrogen and oxygen atoms in total. The summed E-state index contributed by atoms with van der Waals surface area (Å²) in [6.45, 7) is 3.41. The van der Waals surface area contributed by atoms with Crippen LogP contribution in [-0.4, -0.2) is 44.2 Å². The molecule has 0 aromatic heterocycles. The highest BCUT2D eigenvalue weighted by molar-refractivity contribution is 8.00. The van der Waals surface area contributed by atoms with Gasteiger partial charge < -0.3 is 10.2 Å². The van der Waals surface area contributed by atoms with Gasteiger partial charge in [-0.05, 0) is 38.2 Å². The topological polar surface area (TPSA) is 74.6 Å². The number of carbonyl (C=O) groups is 2. The monoisotopic (exact) mass is 294 g/mol. The minimum atomic E-state index is -0.751. The predicted octanol–water partition coefficient (Wildman–Crippen LogP) is 2.96. The number of rotatable bonds is 11. The standard InChI is InChI=1S/C12H22O4S2/c1-9(11(13)14)17-7-5-3-4-6-8-18-10(2)12(15)16/h9-10H,3-8H2,1-2H3,(H,13,14)(H,15,16). The Labute approximate surface area is 117 Å². The predicted molar refractivity (Wildman–Crippen MR) is 77.6 cm³/mol. The maximum atomic E-state index is 10.6. The van der Waals surface area contributed by atoms with E-state index >= 15 is 0 Å². The smallest absolute Gasteiger partial charge is 0.316 e. The Bertz CT molecular complexity index is 232. The molecule has 0 aliphatic rings. The van der Waals surface area contributed by atoms with Gasteiger partial charge in [0.15, 0.2) is 0 Å². The summed E-state index contributed by atoms with van der Waals surface area (Å²) >= 11 is 2.95. The number of unbranched alkanes of at least 4 members (excludes halogenated alkanes) is 3. The van der Waals surface area contributed by atoms with Gasteiger partial charge in [-0.1, -0.05) is 12.8 Å². The van der Waals surface area contributed by atoms with Crippen LogP contribution in [0.5, 0.6) is 0 Å². The van der Waals surface area contributed by atoms with Crippen molar-refractivity contribution in [1.29, 1.82) is 0 Å². The molecule has 0 aromatic carbocycles. The largest absolute Gasteiger partial charge is 0.480 e. The highest BCUT2D eigenvalue weighted by atomic mass is 32.2. The van der Waals surface area contributed by atoms with Crippen molar-refractivity contribution in [3.8, 4) is 0 Å². The molecule has 106 valence electrons. The molecule has 0 radical (unpaired) electrons. The van der Waals surface area contributed by atoms with Crippen molar-refractivity contribution in [3.63, 3.8) is 0 Å². The summed E-state index contributed by atoms with van der Waals surface area (Å²) in [5, 5.41) is 16.7. The number of carboxylic acids is 2. The zero-order chi connectivity index (χ0) is 14.0. The normalized spacial score (nSPS) is 14.1. The second-order valence-corrected chi connectivity index (χ2v) is 7.01. The summed E-state index contributed by atoms with van der Waals surface area (Å²) in [6.07, 6.45) is 4.23. The second kappa shape index (κ2) is 10.6. The third kappa shape index (κ3) is 9.65. The van der Waals surface area contributed by atoms with Crippen molar-refractivity contribution in [2.75, 3.05) is 11.5 Å². The molecule has 2 N–H and O–H groups in total. The van der Waals surface area contributed by atoms with E-state index in [1.165, 1.54) is 23.5 Å². The van der Waals surface area contributed by atoms with Crippen LogP contribution in [0.1, 0.15) is 39.5 Å². The molecule has 0 aliphatic carbocycles. The van der Waals surface area contributed by atoms with Crippen LogP contribution in [0.4, 0.5) is 0 Å². The molecular weight excluding hydrogens is 272 g/mol. The van der Waals surface area contributed by atoms with Gasteiger partial charge in [-0.3, -0.25) is 9.59 Å². The fourth-order valence-corrected chi connectivity index (χ4v) is 2.95. The van der Waals surface area contributed by atoms with Gasteiger partial charge in [-0.25, -0.2) is 0 Å². The van der Waals surface area contributed by atoms with Crippen LogP contribution in [0.25, 0.3) is 0 Å². The molecule has 0 rings (SSSR count). The molecule has 0 aromatic rings. The van der Waals surface area contributed by atoms with Crippen molar-refractivity contribution in [1.82, 2.24) is 0 Å². The molecule has 6 heteroatoms. The fraction of sp³-hybridized carbons (Fsp3) is 0.833. The fourth-order valence-electron chi connectivity index (χ4n) is 1.22. The number of carboxylic acid groups (broad SMARTS) is 2. The van der Waals surface area contributed by atoms with Crippen molar-refractivity contribution >= 4 is 35.5 Å². The Morgan fingerprint density at radius 3 is 1.44 bits per heavy atom. The molecular formula is C12H22O4S2. The van der Waals surface area contributed by atoms with Gasteiger partial charge in [0.1, 0.15) is 0 Å². The van der Waals surface area contributed by atoms with E-state index in [2.05, 4.69) is 0 Å². The molecule has 0 bridgehead atoms. The molecule has 2 atom stereocenters. The first-order valence-electron chi connectivity index (χ1n) is 6.14. The summed E-state index contributed by atoms with van der Waals surface area (Å²) in [4.78, 5) is 21.1. The first-order valence-corrected chi connectivity index (χ1v) is 8.23. The average molecular weight is 294 g/mol. The lowest BCUT2D eigenvalue weighted by atomic mass is 10.2. The van der Waals surface area contributed by atoms with Gasteiger partial charge in [0.2, 0.25) is 0 Å². The lowest BCUT2D eigenvalue weighted by Crippen LogP contribution is -2.12. The summed E-state index contributed by atoms with van der Waals surface area (Å²) in [7, 11) is 0. The van der Waals surface area contributed by atoms with Crippen LogP contribution in [0.3, 0.4) is 0 Å². The summed E-state index contributed by atoms with van der Waals surface area (Å²) in [6, 6.07) is 0. The first-order chi connectivity index (χ1) is 8.45. The quantitative estimate of drug-likeness (QED) is 0.571. The highest BCUT2D eigenvalue weighted by Gasteiger charge is 2.11. The molecule has 0 fully saturated rings. The molecule has 18 heavy (non-hydrogen) atoms. The van der Waals surface area contributed by atoms with Crippen molar-refractivity contribution in [2.24, 2.45) is 0 Å². The van der Waals surface area contributed by atoms with E-state index < -0.39 is 11.9 Å². The molecule has 0 amide bonds. The summed E-state index contributed by atoms with van der Waals surface area (Å²) < 4.78 is 0. The van der Waals surface area contributed by atoms with Gasteiger partial charge in [-0.2, -0.15) is 0 Å². The van der Waals surface area contributed by atoms with E-state index in [4.69, 9.17) is 10.2 Å². The second-order valence-electron chi connectivity index (χ2n) is 4.12. The van der Waals surface area contributed by atoms with Crippen LogP contribution in [0, 0.1) is 0 Å². The Balaban J connectivity index is 3.26. The van der Waals surface area contributed by atoms with Crippen molar-refractivity contribution in [3.05, 3.63) is 0 Å². The molecule has 2 unspecified atom stereocenters. The first kappa shape index (κ1) is 17.6. The lowest BCUT2D eigenvalue weighted by Gasteiger charge is -2.07. The van der Waals surface area contributed by atoms with Crippen molar-refractivity contribution < 1.29 is 19.8 Å². The van der Waals surface area contributed by atoms with E-state index in [-0.39, 0.29) is 10.5 Å². The molecule has 0 aliphatic heterocycles. The van der Waals surface area contributed by atoms with Crippen molar-refractivity contribution in [2.45, 2.75) is 50.0 Å². The van der Waals surface area contributed by atoms with Crippen LogP contribution >= 0.6 is 23.5 Å². The average Bonchev–Trinajstić information content (AvgIpc) is 2.31. The number of hydrogen-bond donors (Lipinski definition) is 2. The maximum Gasteiger partial charge on any atom is 0.316 e. The Kier molecular flexibility index (Phi) is 10.3. The van der Waals surface area contributed by atoms with Crippen LogP contribution in [0.15, 0.2) is 0 Å². The van der Waals surface area contributed by atoms with E-state index in [0.717, 1.165) is 37.2 Å². The zero-order valence-corrected chi connectivity index (χ0v) is 12.6. The number of thioether (sulfide) groups is 2. The third-order valence-electron chi connectivity index (χ3n) is 2.47. The maximum absolute atomic E-state index is 10.6. The molecule has 0 saturated heterocycles. The lowest BCUT2D eigenvalue weighted by molar-refractivity contribution is -0.137. The third-order valence-corrected chi connectivity index (χ3v) is 4.92. The zero-order valence-electron chi connectivity index (χ0n) is 10.9. The van der Waals surface area contributed by atoms with E-state index in [9.17, 15) is 9.59 Å². The highest BCUT2D eigenvalue weighted by Crippen LogP contribution is 2.16. The van der Waals surface area contributed by atoms with E-state index in [0.29, 0.717) is 0 Å². The van der Waals surface area contributed by atoms with Crippen LogP contribution in [0.2, 0.25) is 0 Å². The number of aliphatic carboxylic acids is 2. The minimum absolute atomic E-state index is 0.322. The van der Waals surface area contributed by atoms with Gasteiger partial charge in [-0.15, -0.1) is 23.5 Å².